The first-order valence-corrected chi connectivity index (χ1v) is 9.94. The second-order valence-corrected chi connectivity index (χ2v) is 7.16. The Morgan fingerprint density at radius 1 is 1.10 bits per heavy atom. The van der Waals surface area contributed by atoms with Crippen LogP contribution in [0.4, 0.5) is 11.4 Å². The fourth-order valence-corrected chi connectivity index (χ4v) is 3.58. The van der Waals surface area contributed by atoms with Gasteiger partial charge in [-0.1, -0.05) is 6.07 Å². The van der Waals surface area contributed by atoms with E-state index < -0.39 is 5.92 Å². The summed E-state index contributed by atoms with van der Waals surface area (Å²) in [5, 5.41) is 5.55. The van der Waals surface area contributed by atoms with Crippen molar-refractivity contribution in [3.63, 3.8) is 0 Å². The number of carbonyl (C=O) groups is 3. The van der Waals surface area contributed by atoms with Crippen LogP contribution in [0, 0.1) is 5.92 Å². The van der Waals surface area contributed by atoms with E-state index >= 15 is 0 Å². The summed E-state index contributed by atoms with van der Waals surface area (Å²) in [6, 6.07) is 12.1. The van der Waals surface area contributed by atoms with Crippen LogP contribution >= 0.6 is 0 Å². The average Bonchev–Trinajstić information content (AvgIpc) is 3.15. The van der Waals surface area contributed by atoms with E-state index in [4.69, 9.17) is 9.47 Å². The molecule has 8 heteroatoms. The quantitative estimate of drug-likeness (QED) is 0.789. The van der Waals surface area contributed by atoms with Gasteiger partial charge < -0.3 is 25.0 Å². The Kier molecular flexibility index (Phi) is 5.56. The summed E-state index contributed by atoms with van der Waals surface area (Å²) in [5.74, 6) is 0.187. The minimum atomic E-state index is -0.487. The monoisotopic (exact) mass is 409 g/mol. The Hall–Kier alpha value is -3.55. The van der Waals surface area contributed by atoms with E-state index in [1.165, 1.54) is 0 Å². The largest absolute Gasteiger partial charge is 0.486 e. The second-order valence-electron chi connectivity index (χ2n) is 7.16. The number of amides is 3. The Labute approximate surface area is 174 Å². The van der Waals surface area contributed by atoms with Crippen molar-refractivity contribution in [1.82, 2.24) is 5.32 Å². The molecule has 0 saturated carbocycles. The summed E-state index contributed by atoms with van der Waals surface area (Å²) in [5.41, 5.74) is 1.67. The lowest BCUT2D eigenvalue weighted by Crippen LogP contribution is -2.28. The fourth-order valence-electron chi connectivity index (χ4n) is 3.58. The molecular formula is C22H23N3O5. The van der Waals surface area contributed by atoms with Gasteiger partial charge in [0, 0.05) is 42.5 Å². The maximum Gasteiger partial charge on any atom is 0.251 e. The van der Waals surface area contributed by atoms with Gasteiger partial charge in [-0.2, -0.15) is 0 Å². The van der Waals surface area contributed by atoms with Gasteiger partial charge in [-0.15, -0.1) is 0 Å². The van der Waals surface area contributed by atoms with Crippen molar-refractivity contribution in [1.29, 1.82) is 0 Å². The predicted octanol–water partition coefficient (Wildman–Crippen LogP) is 2.20. The van der Waals surface area contributed by atoms with Crippen LogP contribution in [0.3, 0.4) is 0 Å². The van der Waals surface area contributed by atoms with Gasteiger partial charge in [0.25, 0.3) is 5.91 Å². The molecule has 0 spiro atoms. The van der Waals surface area contributed by atoms with E-state index in [9.17, 15) is 14.4 Å². The maximum atomic E-state index is 12.7. The van der Waals surface area contributed by atoms with Gasteiger partial charge in [-0.3, -0.25) is 14.4 Å². The van der Waals surface area contributed by atoms with Crippen LogP contribution in [0.5, 0.6) is 11.5 Å². The molecule has 2 aromatic carbocycles. The number of ether oxygens (including phenoxy) is 2. The molecule has 0 radical (unpaired) electrons. The highest BCUT2D eigenvalue weighted by Gasteiger charge is 2.35. The van der Waals surface area contributed by atoms with Crippen molar-refractivity contribution in [2.24, 2.45) is 5.92 Å². The number of nitrogens with zero attached hydrogens (tertiary/aromatic N) is 1. The SMILES string of the molecule is CCNC(=O)c1cccc(NC(=O)C2CC(=O)N(c3ccc4c(c3)OCCO4)C2)c1. The minimum absolute atomic E-state index is 0.121. The molecule has 2 N–H and O–H groups in total. The van der Waals surface area contributed by atoms with Crippen molar-refractivity contribution < 1.29 is 23.9 Å². The van der Waals surface area contributed by atoms with Crippen molar-refractivity contribution in [3.8, 4) is 11.5 Å². The van der Waals surface area contributed by atoms with E-state index in [0.717, 1.165) is 0 Å². The van der Waals surface area contributed by atoms with E-state index in [-0.39, 0.29) is 30.7 Å². The van der Waals surface area contributed by atoms with Gasteiger partial charge in [0.05, 0.1) is 5.92 Å². The highest BCUT2D eigenvalue weighted by molar-refractivity contribution is 6.04. The zero-order valence-corrected chi connectivity index (χ0v) is 16.6. The van der Waals surface area contributed by atoms with Crippen LogP contribution < -0.4 is 25.0 Å². The summed E-state index contributed by atoms with van der Waals surface area (Å²) in [7, 11) is 0. The van der Waals surface area contributed by atoms with Gasteiger partial charge in [0.1, 0.15) is 13.2 Å². The molecule has 1 fully saturated rings. The van der Waals surface area contributed by atoms with Crippen LogP contribution in [0.25, 0.3) is 0 Å². The van der Waals surface area contributed by atoms with Crippen molar-refractivity contribution in [2.45, 2.75) is 13.3 Å². The lowest BCUT2D eigenvalue weighted by Gasteiger charge is -2.22. The first-order valence-electron chi connectivity index (χ1n) is 9.94. The third kappa shape index (κ3) is 4.07. The number of hydrogen-bond donors (Lipinski definition) is 2. The molecule has 0 bridgehead atoms. The minimum Gasteiger partial charge on any atom is -0.486 e. The van der Waals surface area contributed by atoms with E-state index in [1.54, 1.807) is 47.4 Å². The number of benzene rings is 2. The second kappa shape index (κ2) is 8.44. The lowest BCUT2D eigenvalue weighted by molar-refractivity contribution is -0.122. The first kappa shape index (κ1) is 19.8. The molecule has 156 valence electrons. The highest BCUT2D eigenvalue weighted by atomic mass is 16.6. The van der Waals surface area contributed by atoms with Gasteiger partial charge >= 0.3 is 0 Å². The Bertz CT molecular complexity index is 990. The molecule has 1 unspecified atom stereocenters. The standard InChI is InChI=1S/C22H23N3O5/c1-2-23-21(27)14-4-3-5-16(10-14)24-22(28)15-11-20(26)25(13-15)17-6-7-18-19(12-17)30-9-8-29-18/h3-7,10,12,15H,2,8-9,11,13H2,1H3,(H,23,27)(H,24,28). The van der Waals surface area contributed by atoms with Crippen LogP contribution in [0.2, 0.25) is 0 Å². The summed E-state index contributed by atoms with van der Waals surface area (Å²) in [4.78, 5) is 38.9. The number of rotatable bonds is 5. The number of anilines is 2. The molecule has 2 heterocycles. The smallest absolute Gasteiger partial charge is 0.251 e. The Morgan fingerprint density at radius 3 is 2.70 bits per heavy atom. The van der Waals surface area contributed by atoms with Gasteiger partial charge in [-0.05, 0) is 37.3 Å². The topological polar surface area (TPSA) is 97.0 Å². The number of carbonyl (C=O) groups excluding carboxylic acids is 3. The summed E-state index contributed by atoms with van der Waals surface area (Å²) >= 11 is 0. The Morgan fingerprint density at radius 2 is 1.90 bits per heavy atom. The number of fused-ring (bicyclic) bond motifs is 1. The molecule has 3 amide bonds. The Balaban J connectivity index is 1.43. The summed E-state index contributed by atoms with van der Waals surface area (Å²) < 4.78 is 11.1. The van der Waals surface area contributed by atoms with E-state index in [1.807, 2.05) is 6.92 Å². The van der Waals surface area contributed by atoms with Crippen molar-refractivity contribution in [2.75, 3.05) is 36.5 Å². The van der Waals surface area contributed by atoms with Crippen molar-refractivity contribution in [3.05, 3.63) is 48.0 Å². The third-order valence-corrected chi connectivity index (χ3v) is 5.06. The zero-order valence-electron chi connectivity index (χ0n) is 16.6. The summed E-state index contributed by atoms with van der Waals surface area (Å²) in [6.07, 6.45) is 0.121. The van der Waals surface area contributed by atoms with E-state index in [2.05, 4.69) is 10.6 Å². The van der Waals surface area contributed by atoms with Crippen LogP contribution in [0.15, 0.2) is 42.5 Å². The molecule has 8 nitrogen and oxygen atoms in total. The summed E-state index contributed by atoms with van der Waals surface area (Å²) in [6.45, 7) is 3.60. The molecule has 30 heavy (non-hydrogen) atoms. The third-order valence-electron chi connectivity index (χ3n) is 5.06. The number of nitrogens with one attached hydrogen (secondary N) is 2. The molecule has 1 atom stereocenters. The van der Waals surface area contributed by atoms with Crippen molar-refractivity contribution >= 4 is 29.1 Å². The van der Waals surface area contributed by atoms with Crippen LogP contribution in [0.1, 0.15) is 23.7 Å². The van der Waals surface area contributed by atoms with Gasteiger partial charge in [0.2, 0.25) is 11.8 Å². The molecule has 0 aromatic heterocycles. The predicted molar refractivity (Wildman–Crippen MR) is 111 cm³/mol. The molecule has 2 aromatic rings. The molecule has 1 saturated heterocycles. The zero-order chi connectivity index (χ0) is 21.1. The van der Waals surface area contributed by atoms with Gasteiger partial charge in [0.15, 0.2) is 11.5 Å². The van der Waals surface area contributed by atoms with Gasteiger partial charge in [-0.25, -0.2) is 0 Å². The molecular weight excluding hydrogens is 386 g/mol. The molecule has 2 aliphatic heterocycles. The lowest BCUT2D eigenvalue weighted by atomic mass is 10.1. The van der Waals surface area contributed by atoms with Crippen LogP contribution in [-0.4, -0.2) is 44.0 Å². The highest BCUT2D eigenvalue weighted by Crippen LogP contribution is 2.36. The maximum absolute atomic E-state index is 12.7. The molecule has 0 aliphatic carbocycles. The first-order chi connectivity index (χ1) is 14.5. The number of hydrogen-bond acceptors (Lipinski definition) is 5. The van der Waals surface area contributed by atoms with E-state index in [0.29, 0.717) is 48.2 Å². The average molecular weight is 409 g/mol. The molecule has 2 aliphatic rings. The normalized spacial score (nSPS) is 17.6. The fraction of sp³-hybridized carbons (Fsp3) is 0.318. The van der Waals surface area contributed by atoms with Crippen LogP contribution in [-0.2, 0) is 9.59 Å². The molecule has 4 rings (SSSR count).